The largest absolute Gasteiger partial charge is 0.341 e. The number of nitrogens with zero attached hydrogens (tertiary/aromatic N) is 2. The van der Waals surface area contributed by atoms with Gasteiger partial charge >= 0.3 is 0 Å². The van der Waals surface area contributed by atoms with E-state index in [0.717, 1.165) is 37.6 Å². The van der Waals surface area contributed by atoms with Crippen LogP contribution in [0.5, 0.6) is 0 Å². The molecule has 2 aromatic rings. The second-order valence-corrected chi connectivity index (χ2v) is 5.71. The van der Waals surface area contributed by atoms with Crippen LogP contribution in [0.2, 0.25) is 0 Å². The normalized spacial score (nSPS) is 21.3. The summed E-state index contributed by atoms with van der Waals surface area (Å²) in [5.41, 5.74) is 1.13. The molecule has 2 N–H and O–H groups in total. The Morgan fingerprint density at radius 1 is 1.56 bits per heavy atom. The molecule has 0 aromatic carbocycles. The Morgan fingerprint density at radius 3 is 3.28 bits per heavy atom. The molecule has 0 bridgehead atoms. The summed E-state index contributed by atoms with van der Waals surface area (Å²) in [5, 5.41) is 5.53. The van der Waals surface area contributed by atoms with Gasteiger partial charge in [0.05, 0.1) is 16.8 Å². The van der Waals surface area contributed by atoms with Crippen molar-refractivity contribution in [2.45, 2.75) is 12.5 Å². The first kappa shape index (κ1) is 11.9. The fourth-order valence-corrected chi connectivity index (χ4v) is 3.03. The van der Waals surface area contributed by atoms with Crippen molar-refractivity contribution in [1.29, 1.82) is 0 Å². The van der Waals surface area contributed by atoms with Crippen molar-refractivity contribution in [3.05, 3.63) is 29.5 Å². The lowest BCUT2D eigenvalue weighted by Gasteiger charge is -2.32. The number of rotatable bonds is 3. The summed E-state index contributed by atoms with van der Waals surface area (Å²) in [5.74, 6) is 1.08. The number of hydrogen-bond acceptors (Lipinski definition) is 4. The van der Waals surface area contributed by atoms with Crippen molar-refractivity contribution in [3.8, 4) is 10.6 Å². The summed E-state index contributed by atoms with van der Waals surface area (Å²) in [6, 6.07) is 4.73. The molecule has 18 heavy (non-hydrogen) atoms. The van der Waals surface area contributed by atoms with Gasteiger partial charge in [-0.2, -0.15) is 0 Å². The third kappa shape index (κ3) is 2.48. The van der Waals surface area contributed by atoms with Crippen LogP contribution in [0.3, 0.4) is 0 Å². The van der Waals surface area contributed by atoms with Crippen molar-refractivity contribution >= 4 is 11.3 Å². The van der Waals surface area contributed by atoms with Crippen LogP contribution in [-0.4, -0.2) is 47.6 Å². The maximum Gasteiger partial charge on any atom is 0.108 e. The van der Waals surface area contributed by atoms with Crippen LogP contribution in [0.4, 0.5) is 0 Å². The summed E-state index contributed by atoms with van der Waals surface area (Å²) < 4.78 is 0. The van der Waals surface area contributed by atoms with Gasteiger partial charge in [0.25, 0.3) is 0 Å². The highest BCUT2D eigenvalue weighted by Crippen LogP contribution is 2.22. The van der Waals surface area contributed by atoms with Gasteiger partial charge in [0.2, 0.25) is 0 Å². The molecule has 1 unspecified atom stereocenters. The standard InChI is InChI=1S/C13H18N4S/c1-17-5-4-14-8-10(17)7-13-15-9-11(16-13)12-3-2-6-18-12/h2-3,6,9-10,14H,4-5,7-8H2,1H3,(H,15,16). The van der Waals surface area contributed by atoms with Crippen molar-refractivity contribution in [3.63, 3.8) is 0 Å². The number of aromatic amines is 1. The molecule has 96 valence electrons. The highest BCUT2D eigenvalue weighted by atomic mass is 32.1. The van der Waals surface area contributed by atoms with E-state index in [4.69, 9.17) is 0 Å². The third-order valence-electron chi connectivity index (χ3n) is 3.49. The van der Waals surface area contributed by atoms with Crippen molar-refractivity contribution in [2.24, 2.45) is 0 Å². The number of likely N-dealkylation sites (N-methyl/N-ethyl adjacent to an activating group) is 1. The molecular formula is C13H18N4S. The van der Waals surface area contributed by atoms with E-state index in [0.29, 0.717) is 6.04 Å². The van der Waals surface area contributed by atoms with Crippen molar-refractivity contribution < 1.29 is 0 Å². The topological polar surface area (TPSA) is 44.0 Å². The van der Waals surface area contributed by atoms with Crippen LogP contribution in [0.1, 0.15) is 5.82 Å². The minimum Gasteiger partial charge on any atom is -0.341 e. The molecule has 4 nitrogen and oxygen atoms in total. The van der Waals surface area contributed by atoms with E-state index < -0.39 is 0 Å². The maximum atomic E-state index is 4.50. The van der Waals surface area contributed by atoms with E-state index in [9.17, 15) is 0 Å². The van der Waals surface area contributed by atoms with Crippen molar-refractivity contribution in [2.75, 3.05) is 26.7 Å². The van der Waals surface area contributed by atoms with Gasteiger partial charge in [-0.25, -0.2) is 4.98 Å². The summed E-state index contributed by atoms with van der Waals surface area (Å²) in [4.78, 5) is 11.6. The molecule has 0 saturated carbocycles. The molecular weight excluding hydrogens is 244 g/mol. The van der Waals surface area contributed by atoms with Gasteiger partial charge in [0.15, 0.2) is 0 Å². The molecule has 1 saturated heterocycles. The zero-order valence-corrected chi connectivity index (χ0v) is 11.3. The number of H-pyrrole nitrogens is 1. The molecule has 5 heteroatoms. The molecule has 3 heterocycles. The first-order valence-electron chi connectivity index (χ1n) is 6.31. The zero-order valence-electron chi connectivity index (χ0n) is 10.5. The van der Waals surface area contributed by atoms with Gasteiger partial charge in [-0.1, -0.05) is 6.07 Å². The minimum atomic E-state index is 0.543. The molecule has 0 aliphatic carbocycles. The van der Waals surface area contributed by atoms with E-state index >= 15 is 0 Å². The van der Waals surface area contributed by atoms with Crippen LogP contribution in [0.25, 0.3) is 10.6 Å². The summed E-state index contributed by atoms with van der Waals surface area (Å²) in [7, 11) is 2.19. The summed E-state index contributed by atoms with van der Waals surface area (Å²) in [6.45, 7) is 3.25. The zero-order chi connectivity index (χ0) is 12.4. The van der Waals surface area contributed by atoms with E-state index in [-0.39, 0.29) is 0 Å². The molecule has 0 amide bonds. The van der Waals surface area contributed by atoms with Crippen LogP contribution in [0.15, 0.2) is 23.7 Å². The van der Waals surface area contributed by atoms with Gasteiger partial charge in [0.1, 0.15) is 5.82 Å². The molecule has 0 radical (unpaired) electrons. The quantitative estimate of drug-likeness (QED) is 0.883. The summed E-state index contributed by atoms with van der Waals surface area (Å²) >= 11 is 1.74. The van der Waals surface area contributed by atoms with Gasteiger partial charge in [-0.3, -0.25) is 0 Å². The number of hydrogen-bond donors (Lipinski definition) is 2. The van der Waals surface area contributed by atoms with Gasteiger partial charge in [0, 0.05) is 32.1 Å². The lowest BCUT2D eigenvalue weighted by Crippen LogP contribution is -2.50. The molecule has 1 atom stereocenters. The molecule has 1 aliphatic rings. The Morgan fingerprint density at radius 2 is 2.50 bits per heavy atom. The average molecular weight is 262 g/mol. The van der Waals surface area contributed by atoms with Crippen LogP contribution in [-0.2, 0) is 6.42 Å². The minimum absolute atomic E-state index is 0.543. The van der Waals surface area contributed by atoms with Crippen molar-refractivity contribution in [1.82, 2.24) is 20.2 Å². The first-order chi connectivity index (χ1) is 8.83. The van der Waals surface area contributed by atoms with Crippen LogP contribution < -0.4 is 5.32 Å². The Balaban J connectivity index is 1.70. The number of nitrogens with one attached hydrogen (secondary N) is 2. The monoisotopic (exact) mass is 262 g/mol. The van der Waals surface area contributed by atoms with E-state index in [2.05, 4.69) is 44.7 Å². The lowest BCUT2D eigenvalue weighted by molar-refractivity contribution is 0.197. The fraction of sp³-hybridized carbons (Fsp3) is 0.462. The van der Waals surface area contributed by atoms with Crippen LogP contribution in [0, 0.1) is 0 Å². The Labute approximate surface area is 111 Å². The SMILES string of the molecule is CN1CCNCC1Cc1ncc(-c2cccs2)[nH]1. The van der Waals surface area contributed by atoms with E-state index in [1.54, 1.807) is 11.3 Å². The molecule has 2 aromatic heterocycles. The predicted octanol–water partition coefficient (Wildman–Crippen LogP) is 1.58. The Kier molecular flexibility index (Phi) is 3.45. The molecule has 3 rings (SSSR count). The number of piperazine rings is 1. The van der Waals surface area contributed by atoms with E-state index in [1.165, 1.54) is 4.88 Å². The highest BCUT2D eigenvalue weighted by molar-refractivity contribution is 7.13. The van der Waals surface area contributed by atoms with Gasteiger partial charge < -0.3 is 15.2 Å². The third-order valence-corrected chi connectivity index (χ3v) is 4.39. The molecule has 0 spiro atoms. The smallest absolute Gasteiger partial charge is 0.108 e. The van der Waals surface area contributed by atoms with Gasteiger partial charge in [-0.15, -0.1) is 11.3 Å². The van der Waals surface area contributed by atoms with Crippen LogP contribution >= 0.6 is 11.3 Å². The maximum absolute atomic E-state index is 4.50. The Bertz CT molecular complexity index is 491. The molecule has 1 fully saturated rings. The van der Waals surface area contributed by atoms with Gasteiger partial charge in [-0.05, 0) is 18.5 Å². The summed E-state index contributed by atoms with van der Waals surface area (Å²) in [6.07, 6.45) is 2.92. The second-order valence-electron chi connectivity index (χ2n) is 4.76. The first-order valence-corrected chi connectivity index (χ1v) is 7.19. The lowest BCUT2D eigenvalue weighted by atomic mass is 10.1. The Hall–Kier alpha value is -1.17. The fourth-order valence-electron chi connectivity index (χ4n) is 2.34. The van der Waals surface area contributed by atoms with E-state index in [1.807, 2.05) is 6.20 Å². The number of thiophene rings is 1. The number of aromatic nitrogens is 2. The second kappa shape index (κ2) is 5.22. The highest BCUT2D eigenvalue weighted by Gasteiger charge is 2.20. The predicted molar refractivity (Wildman–Crippen MR) is 74.9 cm³/mol. The number of imidazole rings is 1. The molecule has 1 aliphatic heterocycles. The average Bonchev–Trinajstić information content (AvgIpc) is 3.02.